The van der Waals surface area contributed by atoms with Gasteiger partial charge in [-0.05, 0) is 30.9 Å². The van der Waals surface area contributed by atoms with E-state index in [2.05, 4.69) is 27.4 Å². The minimum atomic E-state index is 0.0318. The summed E-state index contributed by atoms with van der Waals surface area (Å²) in [5.41, 5.74) is 2.07. The standard InChI is InChI=1S/C22H34N4O2/c1-2-18-8-6-7-11-20(18)24-22(28)17-26-14-12-25(13-15-26)16-21(27)23-19-9-4-3-5-10-19/h6-8,11,19H,2-5,9-10,12-17H2,1H3,(H,23,27)(H,24,28). The summed E-state index contributed by atoms with van der Waals surface area (Å²) in [5, 5.41) is 6.23. The molecular weight excluding hydrogens is 352 g/mol. The highest BCUT2D eigenvalue weighted by Crippen LogP contribution is 2.17. The van der Waals surface area contributed by atoms with Crippen LogP contribution in [0.5, 0.6) is 0 Å². The lowest BCUT2D eigenvalue weighted by molar-refractivity contribution is -0.124. The third-order valence-corrected chi connectivity index (χ3v) is 5.84. The molecule has 1 aromatic carbocycles. The molecule has 3 rings (SSSR count). The number of rotatable bonds is 7. The summed E-state index contributed by atoms with van der Waals surface area (Å²) in [5.74, 6) is 0.179. The van der Waals surface area contributed by atoms with Gasteiger partial charge in [0.2, 0.25) is 11.8 Å². The Morgan fingerprint density at radius 3 is 2.18 bits per heavy atom. The molecule has 1 aromatic rings. The normalized spacial score (nSPS) is 19.3. The van der Waals surface area contributed by atoms with Crippen molar-refractivity contribution >= 4 is 17.5 Å². The summed E-state index contributed by atoms with van der Waals surface area (Å²) < 4.78 is 0. The van der Waals surface area contributed by atoms with Crippen molar-refractivity contribution < 1.29 is 9.59 Å². The summed E-state index contributed by atoms with van der Waals surface area (Å²) in [7, 11) is 0. The van der Waals surface area contributed by atoms with Gasteiger partial charge in [-0.3, -0.25) is 19.4 Å². The van der Waals surface area contributed by atoms with Crippen LogP contribution in [0.3, 0.4) is 0 Å². The van der Waals surface area contributed by atoms with Crippen molar-refractivity contribution in [3.05, 3.63) is 29.8 Å². The van der Waals surface area contributed by atoms with Crippen LogP contribution < -0.4 is 10.6 Å². The Morgan fingerprint density at radius 1 is 0.929 bits per heavy atom. The van der Waals surface area contributed by atoms with Crippen molar-refractivity contribution in [1.82, 2.24) is 15.1 Å². The zero-order chi connectivity index (χ0) is 19.8. The summed E-state index contributed by atoms with van der Waals surface area (Å²) in [6.45, 7) is 6.27. The van der Waals surface area contributed by atoms with Crippen LogP contribution in [0.15, 0.2) is 24.3 Å². The number of benzene rings is 1. The highest BCUT2D eigenvalue weighted by atomic mass is 16.2. The molecule has 0 aromatic heterocycles. The van der Waals surface area contributed by atoms with Crippen LogP contribution in [0, 0.1) is 0 Å². The predicted molar refractivity (Wildman–Crippen MR) is 112 cm³/mol. The summed E-state index contributed by atoms with van der Waals surface area (Å²) in [6, 6.07) is 8.33. The van der Waals surface area contributed by atoms with Gasteiger partial charge in [-0.1, -0.05) is 44.4 Å². The first-order valence-corrected chi connectivity index (χ1v) is 10.8. The first-order valence-electron chi connectivity index (χ1n) is 10.8. The molecule has 2 fully saturated rings. The Hall–Kier alpha value is -1.92. The lowest BCUT2D eigenvalue weighted by Crippen LogP contribution is -2.51. The first-order chi connectivity index (χ1) is 13.6. The molecule has 6 heteroatoms. The van der Waals surface area contributed by atoms with Gasteiger partial charge in [-0.15, -0.1) is 0 Å². The lowest BCUT2D eigenvalue weighted by Gasteiger charge is -2.34. The second-order valence-corrected chi connectivity index (χ2v) is 8.01. The van der Waals surface area contributed by atoms with Crippen LogP contribution in [-0.2, 0) is 16.0 Å². The van der Waals surface area contributed by atoms with Crippen LogP contribution >= 0.6 is 0 Å². The van der Waals surface area contributed by atoms with Crippen LogP contribution in [0.1, 0.15) is 44.6 Å². The number of hydrogen-bond donors (Lipinski definition) is 2. The van der Waals surface area contributed by atoms with Crippen LogP contribution in [-0.4, -0.2) is 66.9 Å². The van der Waals surface area contributed by atoms with Crippen molar-refractivity contribution in [2.45, 2.75) is 51.5 Å². The predicted octanol–water partition coefficient (Wildman–Crippen LogP) is 2.25. The van der Waals surface area contributed by atoms with E-state index in [1.807, 2.05) is 24.3 Å². The molecule has 1 heterocycles. The van der Waals surface area contributed by atoms with E-state index in [9.17, 15) is 9.59 Å². The van der Waals surface area contributed by atoms with Gasteiger partial charge in [0.25, 0.3) is 0 Å². The van der Waals surface area contributed by atoms with Crippen molar-refractivity contribution in [1.29, 1.82) is 0 Å². The molecule has 1 aliphatic carbocycles. The summed E-state index contributed by atoms with van der Waals surface area (Å²) >= 11 is 0. The summed E-state index contributed by atoms with van der Waals surface area (Å²) in [6.07, 6.45) is 6.90. The van der Waals surface area contributed by atoms with Crippen LogP contribution in [0.25, 0.3) is 0 Å². The average molecular weight is 387 g/mol. The Kier molecular flexibility index (Phi) is 7.86. The molecule has 6 nitrogen and oxygen atoms in total. The number of piperazine rings is 1. The van der Waals surface area contributed by atoms with E-state index in [1.54, 1.807) is 0 Å². The van der Waals surface area contributed by atoms with Crippen molar-refractivity contribution in [3.8, 4) is 0 Å². The Morgan fingerprint density at radius 2 is 1.54 bits per heavy atom. The van der Waals surface area contributed by atoms with E-state index in [1.165, 1.54) is 19.3 Å². The topological polar surface area (TPSA) is 64.7 Å². The van der Waals surface area contributed by atoms with E-state index < -0.39 is 0 Å². The average Bonchev–Trinajstić information content (AvgIpc) is 2.70. The van der Waals surface area contributed by atoms with E-state index in [-0.39, 0.29) is 11.8 Å². The van der Waals surface area contributed by atoms with Crippen molar-refractivity contribution in [2.75, 3.05) is 44.6 Å². The molecule has 28 heavy (non-hydrogen) atoms. The largest absolute Gasteiger partial charge is 0.352 e. The SMILES string of the molecule is CCc1ccccc1NC(=O)CN1CCN(CC(=O)NC2CCCCC2)CC1. The zero-order valence-electron chi connectivity index (χ0n) is 17.1. The molecule has 0 spiro atoms. The smallest absolute Gasteiger partial charge is 0.238 e. The molecule has 154 valence electrons. The molecule has 2 N–H and O–H groups in total. The molecule has 1 saturated carbocycles. The highest BCUT2D eigenvalue weighted by Gasteiger charge is 2.22. The van der Waals surface area contributed by atoms with Gasteiger partial charge >= 0.3 is 0 Å². The molecule has 2 aliphatic rings. The third-order valence-electron chi connectivity index (χ3n) is 5.84. The number of aryl methyl sites for hydroxylation is 1. The number of nitrogens with one attached hydrogen (secondary N) is 2. The fourth-order valence-electron chi connectivity index (χ4n) is 4.17. The van der Waals surface area contributed by atoms with Gasteiger partial charge < -0.3 is 10.6 Å². The number of carbonyl (C=O) groups excluding carboxylic acids is 2. The molecule has 0 radical (unpaired) electrons. The number of nitrogens with zero attached hydrogens (tertiary/aromatic N) is 2. The minimum Gasteiger partial charge on any atom is -0.352 e. The maximum absolute atomic E-state index is 12.4. The number of hydrogen-bond acceptors (Lipinski definition) is 4. The molecule has 0 unspecified atom stereocenters. The quantitative estimate of drug-likeness (QED) is 0.754. The zero-order valence-corrected chi connectivity index (χ0v) is 17.1. The van der Waals surface area contributed by atoms with Gasteiger partial charge in [0.1, 0.15) is 0 Å². The number of amides is 2. The first kappa shape index (κ1) is 20.8. The Labute approximate surface area is 168 Å². The monoisotopic (exact) mass is 386 g/mol. The summed E-state index contributed by atoms with van der Waals surface area (Å²) in [4.78, 5) is 29.0. The lowest BCUT2D eigenvalue weighted by atomic mass is 9.95. The maximum atomic E-state index is 12.4. The van der Waals surface area contributed by atoms with Gasteiger partial charge in [0.15, 0.2) is 0 Å². The molecule has 1 saturated heterocycles. The number of carbonyl (C=O) groups is 2. The molecular formula is C22H34N4O2. The second-order valence-electron chi connectivity index (χ2n) is 8.01. The molecule has 1 aliphatic heterocycles. The Balaban J connectivity index is 1.36. The maximum Gasteiger partial charge on any atom is 0.238 e. The van der Waals surface area contributed by atoms with Gasteiger partial charge in [-0.25, -0.2) is 0 Å². The van der Waals surface area contributed by atoms with Crippen molar-refractivity contribution in [3.63, 3.8) is 0 Å². The number of anilines is 1. The van der Waals surface area contributed by atoms with Gasteiger partial charge in [0, 0.05) is 37.9 Å². The number of para-hydroxylation sites is 1. The minimum absolute atomic E-state index is 0.0318. The fourth-order valence-corrected chi connectivity index (χ4v) is 4.17. The van der Waals surface area contributed by atoms with E-state index in [0.29, 0.717) is 19.1 Å². The molecule has 2 amide bonds. The highest BCUT2D eigenvalue weighted by molar-refractivity contribution is 5.93. The third kappa shape index (κ3) is 6.31. The Bertz CT molecular complexity index is 650. The van der Waals surface area contributed by atoms with E-state index in [0.717, 1.165) is 56.7 Å². The fraction of sp³-hybridized carbons (Fsp3) is 0.636. The van der Waals surface area contributed by atoms with E-state index in [4.69, 9.17) is 0 Å². The van der Waals surface area contributed by atoms with Gasteiger partial charge in [0.05, 0.1) is 13.1 Å². The van der Waals surface area contributed by atoms with Crippen molar-refractivity contribution in [2.24, 2.45) is 0 Å². The van der Waals surface area contributed by atoms with Crippen LogP contribution in [0.4, 0.5) is 5.69 Å². The second kappa shape index (κ2) is 10.6. The molecule has 0 bridgehead atoms. The van der Waals surface area contributed by atoms with E-state index >= 15 is 0 Å². The molecule has 0 atom stereocenters. The van der Waals surface area contributed by atoms with Gasteiger partial charge in [-0.2, -0.15) is 0 Å². The van der Waals surface area contributed by atoms with Crippen LogP contribution in [0.2, 0.25) is 0 Å².